The fourth-order valence-electron chi connectivity index (χ4n) is 11.3. The molecule has 0 aromatic heterocycles. The Morgan fingerprint density at radius 2 is 1.54 bits per heavy atom. The second-order valence-corrected chi connectivity index (χ2v) is 15.5. The number of ketones is 1. The van der Waals surface area contributed by atoms with Crippen molar-refractivity contribution in [2.45, 2.75) is 126 Å². The summed E-state index contributed by atoms with van der Waals surface area (Å²) in [5.74, 6) is 2.03. The van der Waals surface area contributed by atoms with Crippen molar-refractivity contribution in [2.75, 3.05) is 0 Å². The number of Topliss-reactive ketones (excluding diaryl/α,β-unsaturated/α-hetero) is 1. The van der Waals surface area contributed by atoms with E-state index in [1.807, 2.05) is 0 Å². The van der Waals surface area contributed by atoms with Crippen molar-refractivity contribution < 1.29 is 14.3 Å². The van der Waals surface area contributed by atoms with Gasteiger partial charge in [0.05, 0.1) is 0 Å². The summed E-state index contributed by atoms with van der Waals surface area (Å²) < 4.78 is 5.86. The van der Waals surface area contributed by atoms with Crippen LogP contribution in [0.5, 0.6) is 0 Å². The second-order valence-electron chi connectivity index (χ2n) is 15.5. The van der Waals surface area contributed by atoms with Gasteiger partial charge in [-0.25, -0.2) is 0 Å². The average Bonchev–Trinajstić information content (AvgIpc) is 3.02. The first-order valence-electron chi connectivity index (χ1n) is 14.7. The average molecular weight is 534 g/mol. The minimum atomic E-state index is -0.897. The van der Waals surface area contributed by atoms with Gasteiger partial charge >= 0.3 is 5.97 Å². The summed E-state index contributed by atoms with van der Waals surface area (Å²) >= 11 is 0. The van der Waals surface area contributed by atoms with Gasteiger partial charge in [0.2, 0.25) is 0 Å². The number of esters is 1. The molecule has 5 rings (SSSR count). The quantitative estimate of drug-likeness (QED) is 0.292. The van der Waals surface area contributed by atoms with Gasteiger partial charge in [0.15, 0.2) is 11.5 Å². The van der Waals surface area contributed by atoms with Crippen LogP contribution in [0.2, 0.25) is 0 Å². The Labute approximate surface area is 231 Å². The SMILES string of the molecule is CC(=O)O[C@@]1(N)CC[C@]2(C)[C@H]3CC[C@@H]4C5=C(C(C)C)C(=O)C[C@]5(C)CC[C@@]4(C)[C@]3(C)CC[C@H]2C1(C)C.Cl. The van der Waals surface area contributed by atoms with Crippen molar-refractivity contribution >= 4 is 24.2 Å². The Bertz CT molecular complexity index is 1030. The summed E-state index contributed by atoms with van der Waals surface area (Å²) in [7, 11) is 0. The largest absolute Gasteiger partial charge is 0.444 e. The number of halogens is 1. The van der Waals surface area contributed by atoms with E-state index in [1.54, 1.807) is 5.57 Å². The van der Waals surface area contributed by atoms with Crippen LogP contribution in [0.3, 0.4) is 0 Å². The van der Waals surface area contributed by atoms with E-state index in [4.69, 9.17) is 10.5 Å². The van der Waals surface area contributed by atoms with Gasteiger partial charge in [0.1, 0.15) is 0 Å². The van der Waals surface area contributed by atoms with Crippen LogP contribution in [0.1, 0.15) is 120 Å². The van der Waals surface area contributed by atoms with Crippen LogP contribution in [0.15, 0.2) is 11.1 Å². The lowest BCUT2D eigenvalue weighted by atomic mass is 9.32. The molecule has 0 aliphatic heterocycles. The Morgan fingerprint density at radius 3 is 2.14 bits per heavy atom. The number of allylic oxidation sites excluding steroid dienone is 2. The van der Waals surface area contributed by atoms with E-state index >= 15 is 0 Å². The van der Waals surface area contributed by atoms with Gasteiger partial charge in [-0.15, -0.1) is 12.4 Å². The first-order valence-corrected chi connectivity index (χ1v) is 14.7. The number of hydrogen-bond donors (Lipinski definition) is 1. The standard InChI is InChI=1S/C32H51NO3.ClH/c1-19(2)25-22(35)18-28(6)14-16-30(8)21(26(25)28)10-11-24-29(7)15-17-32(33,36-20(3)34)27(4,5)23(29)12-13-31(24,30)9;/h19,21,23-24H,10-18,33H2,1-9H3;1H/t21-,23+,24-,28+,29+,30-,31-,32+;/m1./s1. The van der Waals surface area contributed by atoms with Crippen LogP contribution in [0.25, 0.3) is 0 Å². The minimum absolute atomic E-state index is 0. The zero-order chi connectivity index (χ0) is 26.7. The number of carbonyl (C=O) groups excluding carboxylic acids is 2. The smallest absolute Gasteiger partial charge is 0.304 e. The monoisotopic (exact) mass is 533 g/mol. The van der Waals surface area contributed by atoms with E-state index in [9.17, 15) is 9.59 Å². The number of ether oxygens (including phenoxy) is 1. The van der Waals surface area contributed by atoms with Gasteiger partial charge in [-0.05, 0) is 95.9 Å². The molecule has 0 spiro atoms. The van der Waals surface area contributed by atoms with Crippen molar-refractivity contribution in [1.29, 1.82) is 0 Å². The molecule has 5 aliphatic carbocycles. The number of hydrogen-bond acceptors (Lipinski definition) is 4. The molecule has 5 aliphatic rings. The first kappa shape index (κ1) is 29.1. The predicted octanol–water partition coefficient (Wildman–Crippen LogP) is 7.63. The lowest BCUT2D eigenvalue weighted by molar-refractivity contribution is -0.256. The molecule has 8 atom stereocenters. The number of rotatable bonds is 2. The molecule has 0 radical (unpaired) electrons. The zero-order valence-corrected chi connectivity index (χ0v) is 25.7. The molecule has 210 valence electrons. The molecule has 37 heavy (non-hydrogen) atoms. The first-order chi connectivity index (χ1) is 16.5. The lowest BCUT2D eigenvalue weighted by Gasteiger charge is -2.72. The van der Waals surface area contributed by atoms with Crippen molar-refractivity contribution in [2.24, 2.45) is 56.5 Å². The fourth-order valence-corrected chi connectivity index (χ4v) is 11.3. The highest BCUT2D eigenvalue weighted by molar-refractivity contribution is 6.00. The van der Waals surface area contributed by atoms with E-state index in [-0.39, 0.29) is 45.5 Å². The third-order valence-electron chi connectivity index (χ3n) is 13.4. The van der Waals surface area contributed by atoms with Gasteiger partial charge in [0, 0.05) is 25.2 Å². The molecule has 0 aromatic rings. The summed E-state index contributed by atoms with van der Waals surface area (Å²) in [6.07, 6.45) is 9.59. The molecule has 0 saturated heterocycles. The summed E-state index contributed by atoms with van der Waals surface area (Å²) in [6, 6.07) is 0. The van der Waals surface area contributed by atoms with Crippen LogP contribution in [0, 0.1) is 50.7 Å². The zero-order valence-electron chi connectivity index (χ0n) is 24.9. The fraction of sp³-hybridized carbons (Fsp3) is 0.875. The van der Waals surface area contributed by atoms with Crippen LogP contribution < -0.4 is 5.73 Å². The van der Waals surface area contributed by atoms with Crippen LogP contribution in [-0.4, -0.2) is 17.5 Å². The van der Waals surface area contributed by atoms with Gasteiger partial charge in [0.25, 0.3) is 0 Å². The third kappa shape index (κ3) is 3.56. The second kappa shape index (κ2) is 8.56. The van der Waals surface area contributed by atoms with Gasteiger partial charge in [-0.2, -0.15) is 0 Å². The highest BCUT2D eigenvalue weighted by Crippen LogP contribution is 2.77. The van der Waals surface area contributed by atoms with Crippen LogP contribution in [-0.2, 0) is 14.3 Å². The molecule has 4 saturated carbocycles. The number of fused-ring (bicyclic) bond motifs is 7. The normalized spacial score (nSPS) is 48.4. The minimum Gasteiger partial charge on any atom is -0.444 e. The van der Waals surface area contributed by atoms with E-state index in [0.717, 1.165) is 32.1 Å². The van der Waals surface area contributed by atoms with E-state index < -0.39 is 5.72 Å². The number of carbonyl (C=O) groups is 2. The Balaban J connectivity index is 0.00000320. The van der Waals surface area contributed by atoms with Crippen molar-refractivity contribution in [1.82, 2.24) is 0 Å². The van der Waals surface area contributed by atoms with Gasteiger partial charge in [-0.3, -0.25) is 15.3 Å². The summed E-state index contributed by atoms with van der Waals surface area (Å²) in [5.41, 5.74) is 9.14. The van der Waals surface area contributed by atoms with Crippen LogP contribution >= 0.6 is 12.4 Å². The maximum atomic E-state index is 13.3. The topological polar surface area (TPSA) is 69.4 Å². The molecular weight excluding hydrogens is 482 g/mol. The highest BCUT2D eigenvalue weighted by Gasteiger charge is 2.71. The maximum Gasteiger partial charge on any atom is 0.304 e. The number of nitrogens with two attached hydrogens (primary N) is 1. The highest BCUT2D eigenvalue weighted by atomic mass is 35.5. The predicted molar refractivity (Wildman–Crippen MR) is 151 cm³/mol. The lowest BCUT2D eigenvalue weighted by Crippen LogP contribution is -2.70. The Kier molecular flexibility index (Phi) is 6.74. The molecule has 0 amide bonds. The van der Waals surface area contributed by atoms with Crippen molar-refractivity contribution in [3.63, 3.8) is 0 Å². The van der Waals surface area contributed by atoms with Crippen molar-refractivity contribution in [3.05, 3.63) is 11.1 Å². The van der Waals surface area contributed by atoms with Gasteiger partial charge in [-0.1, -0.05) is 61.0 Å². The van der Waals surface area contributed by atoms with Crippen LogP contribution in [0.4, 0.5) is 0 Å². The molecule has 4 nitrogen and oxygen atoms in total. The molecule has 4 fully saturated rings. The van der Waals surface area contributed by atoms with Crippen molar-refractivity contribution in [3.8, 4) is 0 Å². The molecule has 0 bridgehead atoms. The van der Waals surface area contributed by atoms with Gasteiger partial charge < -0.3 is 4.74 Å². The summed E-state index contributed by atoms with van der Waals surface area (Å²) in [6.45, 7) is 20.6. The summed E-state index contributed by atoms with van der Waals surface area (Å²) in [5, 5.41) is 0. The summed E-state index contributed by atoms with van der Waals surface area (Å²) in [4.78, 5) is 25.3. The van der Waals surface area contributed by atoms with E-state index in [2.05, 4.69) is 55.4 Å². The molecule has 0 heterocycles. The third-order valence-corrected chi connectivity index (χ3v) is 13.4. The Hall–Kier alpha value is -0.870. The molecular formula is C32H52ClNO3. The molecule has 0 aromatic carbocycles. The van der Waals surface area contributed by atoms with E-state index in [1.165, 1.54) is 38.2 Å². The maximum absolute atomic E-state index is 13.3. The molecule has 5 heteroatoms. The Morgan fingerprint density at radius 1 is 0.892 bits per heavy atom. The molecule has 2 N–H and O–H groups in total. The molecule has 0 unspecified atom stereocenters. The van der Waals surface area contributed by atoms with E-state index in [0.29, 0.717) is 29.5 Å².